The maximum atomic E-state index is 9.66. The van der Waals surface area contributed by atoms with Gasteiger partial charge in [-0.3, -0.25) is 0 Å². The van der Waals surface area contributed by atoms with E-state index in [4.69, 9.17) is 15.6 Å². The first-order valence-corrected chi connectivity index (χ1v) is 5.63. The van der Waals surface area contributed by atoms with Crippen LogP contribution in [0.25, 0.3) is 0 Å². The van der Waals surface area contributed by atoms with E-state index >= 15 is 0 Å². The van der Waals surface area contributed by atoms with Crippen molar-refractivity contribution in [3.8, 4) is 17.2 Å². The number of phenolic OH excluding ortho intramolecular Hbond substituents is 1. The summed E-state index contributed by atoms with van der Waals surface area (Å²) in [4.78, 5) is 0. The van der Waals surface area contributed by atoms with Crippen molar-refractivity contribution >= 4 is 0 Å². The van der Waals surface area contributed by atoms with Crippen molar-refractivity contribution < 1.29 is 14.9 Å². The number of benzene rings is 2. The van der Waals surface area contributed by atoms with Gasteiger partial charge in [0, 0.05) is 5.56 Å². The molecular weight excluding hydrogens is 230 g/mol. The molecule has 2 rings (SSSR count). The van der Waals surface area contributed by atoms with Crippen molar-refractivity contribution in [1.82, 2.24) is 0 Å². The van der Waals surface area contributed by atoms with Crippen LogP contribution < -0.4 is 10.5 Å². The molecule has 0 spiro atoms. The van der Waals surface area contributed by atoms with Gasteiger partial charge in [0.2, 0.25) is 0 Å². The third-order valence-electron chi connectivity index (χ3n) is 2.57. The summed E-state index contributed by atoms with van der Waals surface area (Å²) < 4.78 is 5.62. The average molecular weight is 245 g/mol. The Morgan fingerprint density at radius 2 is 1.78 bits per heavy atom. The van der Waals surface area contributed by atoms with Gasteiger partial charge in [0.1, 0.15) is 17.2 Å². The maximum Gasteiger partial charge on any atom is 0.128 e. The second-order valence-electron chi connectivity index (χ2n) is 3.92. The number of nitrogens with two attached hydrogens (primary N) is 1. The summed E-state index contributed by atoms with van der Waals surface area (Å²) in [5.41, 5.74) is 6.16. The minimum atomic E-state index is -0.621. The van der Waals surface area contributed by atoms with Gasteiger partial charge < -0.3 is 20.7 Å². The van der Waals surface area contributed by atoms with Gasteiger partial charge in [0.15, 0.2) is 0 Å². The fraction of sp³-hybridized carbons (Fsp3) is 0.143. The predicted molar refractivity (Wildman–Crippen MR) is 68.6 cm³/mol. The third-order valence-corrected chi connectivity index (χ3v) is 2.57. The molecule has 4 nitrogen and oxygen atoms in total. The van der Waals surface area contributed by atoms with Gasteiger partial charge in [0.25, 0.3) is 0 Å². The van der Waals surface area contributed by atoms with Crippen LogP contribution in [0.1, 0.15) is 11.6 Å². The van der Waals surface area contributed by atoms with E-state index in [2.05, 4.69) is 0 Å². The highest BCUT2D eigenvalue weighted by molar-refractivity contribution is 5.42. The Balaban J connectivity index is 2.25. The summed E-state index contributed by atoms with van der Waals surface area (Å²) in [5.74, 6) is 1.32. The minimum Gasteiger partial charge on any atom is -0.508 e. The van der Waals surface area contributed by atoms with Crippen LogP contribution in [0.5, 0.6) is 17.2 Å². The highest BCUT2D eigenvalue weighted by atomic mass is 16.5. The normalized spacial score (nSPS) is 12.1. The molecule has 0 amide bonds. The largest absolute Gasteiger partial charge is 0.508 e. The molecule has 0 unspecified atom stereocenters. The Morgan fingerprint density at radius 3 is 2.44 bits per heavy atom. The zero-order chi connectivity index (χ0) is 13.0. The summed E-state index contributed by atoms with van der Waals surface area (Å²) in [5, 5.41) is 18.7. The van der Waals surface area contributed by atoms with E-state index in [0.717, 1.165) is 0 Å². The van der Waals surface area contributed by atoms with Crippen LogP contribution in [0.4, 0.5) is 0 Å². The average Bonchev–Trinajstić information content (AvgIpc) is 2.41. The van der Waals surface area contributed by atoms with E-state index in [0.29, 0.717) is 17.1 Å². The lowest BCUT2D eigenvalue weighted by molar-refractivity contribution is 0.265. The first-order chi connectivity index (χ1) is 8.70. The monoisotopic (exact) mass is 245 g/mol. The number of phenols is 1. The molecule has 0 saturated heterocycles. The van der Waals surface area contributed by atoms with Crippen molar-refractivity contribution in [1.29, 1.82) is 0 Å². The van der Waals surface area contributed by atoms with Crippen LogP contribution in [0.3, 0.4) is 0 Å². The summed E-state index contributed by atoms with van der Waals surface area (Å²) in [7, 11) is 0. The molecular formula is C14H15NO3. The zero-order valence-corrected chi connectivity index (χ0v) is 9.78. The topological polar surface area (TPSA) is 75.7 Å². The van der Waals surface area contributed by atoms with Crippen LogP contribution in [-0.4, -0.2) is 16.8 Å². The van der Waals surface area contributed by atoms with Gasteiger partial charge >= 0.3 is 0 Å². The van der Waals surface area contributed by atoms with Crippen LogP contribution in [0, 0.1) is 0 Å². The molecule has 0 bridgehead atoms. The van der Waals surface area contributed by atoms with Gasteiger partial charge in [-0.2, -0.15) is 0 Å². The quantitative estimate of drug-likeness (QED) is 0.771. The number of aliphatic hydroxyl groups excluding tert-OH is 1. The lowest BCUT2D eigenvalue weighted by Gasteiger charge is -2.13. The Kier molecular flexibility index (Phi) is 3.82. The highest BCUT2D eigenvalue weighted by Gasteiger charge is 2.11. The standard InChI is InChI=1S/C14H15NO3/c15-13(9-16)12-8-11(6-7-14(12)17)18-10-4-2-1-3-5-10/h1-8,13,16-17H,9,15H2/t13-/m0/s1. The lowest BCUT2D eigenvalue weighted by atomic mass is 10.1. The van der Waals surface area contributed by atoms with Gasteiger partial charge in [-0.25, -0.2) is 0 Å². The molecule has 0 aliphatic heterocycles. The Labute approximate surface area is 105 Å². The second kappa shape index (κ2) is 5.53. The van der Waals surface area contributed by atoms with Crippen molar-refractivity contribution in [2.24, 2.45) is 5.73 Å². The van der Waals surface area contributed by atoms with E-state index < -0.39 is 6.04 Å². The SMILES string of the molecule is N[C@@H](CO)c1cc(Oc2ccccc2)ccc1O. The number of ether oxygens (including phenoxy) is 1. The predicted octanol–water partition coefficient (Wildman–Crippen LogP) is 2.18. The van der Waals surface area contributed by atoms with E-state index in [1.807, 2.05) is 30.3 Å². The molecule has 94 valence electrons. The molecule has 2 aromatic carbocycles. The number of hydrogen-bond donors (Lipinski definition) is 3. The maximum absolute atomic E-state index is 9.66. The fourth-order valence-corrected chi connectivity index (χ4v) is 1.62. The van der Waals surface area contributed by atoms with Gasteiger partial charge in [0.05, 0.1) is 12.6 Å². The number of aromatic hydroxyl groups is 1. The zero-order valence-electron chi connectivity index (χ0n) is 9.78. The fourth-order valence-electron chi connectivity index (χ4n) is 1.62. The molecule has 1 atom stereocenters. The van der Waals surface area contributed by atoms with Crippen LogP contribution in [0.15, 0.2) is 48.5 Å². The number of hydrogen-bond acceptors (Lipinski definition) is 4. The molecule has 0 aliphatic rings. The highest BCUT2D eigenvalue weighted by Crippen LogP contribution is 2.29. The minimum absolute atomic E-state index is 0.0527. The van der Waals surface area contributed by atoms with Gasteiger partial charge in [-0.1, -0.05) is 18.2 Å². The summed E-state index contributed by atoms with van der Waals surface area (Å²) in [6, 6.07) is 13.5. The molecule has 0 saturated carbocycles. The Bertz CT molecular complexity index is 514. The van der Waals surface area contributed by atoms with Crippen LogP contribution >= 0.6 is 0 Å². The lowest BCUT2D eigenvalue weighted by Crippen LogP contribution is -2.14. The molecule has 2 aromatic rings. The first-order valence-electron chi connectivity index (χ1n) is 5.63. The summed E-state index contributed by atoms with van der Waals surface area (Å²) in [6.45, 7) is -0.234. The van der Waals surface area contributed by atoms with Crippen molar-refractivity contribution in [2.45, 2.75) is 6.04 Å². The molecule has 4 heteroatoms. The molecule has 18 heavy (non-hydrogen) atoms. The molecule has 0 heterocycles. The number of para-hydroxylation sites is 1. The molecule has 0 radical (unpaired) electrons. The number of aliphatic hydroxyl groups is 1. The van der Waals surface area contributed by atoms with Crippen molar-refractivity contribution in [3.63, 3.8) is 0 Å². The van der Waals surface area contributed by atoms with E-state index in [-0.39, 0.29) is 12.4 Å². The van der Waals surface area contributed by atoms with Crippen molar-refractivity contribution in [2.75, 3.05) is 6.61 Å². The molecule has 0 aromatic heterocycles. The number of rotatable bonds is 4. The van der Waals surface area contributed by atoms with Crippen LogP contribution in [0.2, 0.25) is 0 Å². The first kappa shape index (κ1) is 12.4. The van der Waals surface area contributed by atoms with E-state index in [1.165, 1.54) is 6.07 Å². The Hall–Kier alpha value is -2.04. The second-order valence-corrected chi connectivity index (χ2v) is 3.92. The molecule has 4 N–H and O–H groups in total. The van der Waals surface area contributed by atoms with Gasteiger partial charge in [-0.15, -0.1) is 0 Å². The molecule has 0 fully saturated rings. The molecule has 0 aliphatic carbocycles. The van der Waals surface area contributed by atoms with Crippen LogP contribution in [-0.2, 0) is 0 Å². The van der Waals surface area contributed by atoms with Crippen molar-refractivity contribution in [3.05, 3.63) is 54.1 Å². The summed E-state index contributed by atoms with van der Waals surface area (Å²) in [6.07, 6.45) is 0. The van der Waals surface area contributed by atoms with Gasteiger partial charge in [-0.05, 0) is 30.3 Å². The van der Waals surface area contributed by atoms with E-state index in [1.54, 1.807) is 12.1 Å². The third kappa shape index (κ3) is 2.80. The summed E-state index contributed by atoms with van der Waals surface area (Å²) >= 11 is 0. The van der Waals surface area contributed by atoms with E-state index in [9.17, 15) is 5.11 Å². The Morgan fingerprint density at radius 1 is 1.06 bits per heavy atom. The smallest absolute Gasteiger partial charge is 0.128 e.